The van der Waals surface area contributed by atoms with Gasteiger partial charge in [0.15, 0.2) is 0 Å². The number of hydrogen-bond donors (Lipinski definition) is 1. The Labute approximate surface area is 94.6 Å². The van der Waals surface area contributed by atoms with Crippen molar-refractivity contribution in [1.82, 2.24) is 5.32 Å². The number of esters is 1. The van der Waals surface area contributed by atoms with E-state index in [1.165, 1.54) is 14.0 Å². The van der Waals surface area contributed by atoms with E-state index >= 15 is 0 Å². The van der Waals surface area contributed by atoms with E-state index in [4.69, 9.17) is 0 Å². The molecule has 0 saturated heterocycles. The zero-order valence-electron chi connectivity index (χ0n) is 9.40. The molecule has 0 heterocycles. The summed E-state index contributed by atoms with van der Waals surface area (Å²) in [6, 6.07) is 8.85. The van der Waals surface area contributed by atoms with Gasteiger partial charge in [0.05, 0.1) is 7.11 Å². The summed E-state index contributed by atoms with van der Waals surface area (Å²) >= 11 is 0. The molecule has 1 unspecified atom stereocenters. The second kappa shape index (κ2) is 5.90. The molecule has 4 nitrogen and oxygen atoms in total. The van der Waals surface area contributed by atoms with Crippen molar-refractivity contribution in [2.75, 3.05) is 7.11 Å². The van der Waals surface area contributed by atoms with Gasteiger partial charge in [-0.05, 0) is 5.56 Å². The van der Waals surface area contributed by atoms with Crippen LogP contribution in [0, 0.1) is 0 Å². The zero-order chi connectivity index (χ0) is 12.0. The van der Waals surface area contributed by atoms with Gasteiger partial charge in [0.2, 0.25) is 5.91 Å². The first-order chi connectivity index (χ1) is 7.63. The number of nitrogens with one attached hydrogen (secondary N) is 1. The molecule has 0 bridgehead atoms. The van der Waals surface area contributed by atoms with Gasteiger partial charge in [-0.1, -0.05) is 30.3 Å². The highest BCUT2D eigenvalue weighted by Crippen LogP contribution is 2.04. The first-order valence-electron chi connectivity index (χ1n) is 5.02. The van der Waals surface area contributed by atoms with Gasteiger partial charge in [-0.3, -0.25) is 4.79 Å². The number of methoxy groups -OCH3 is 1. The minimum Gasteiger partial charge on any atom is -0.467 e. The van der Waals surface area contributed by atoms with Crippen molar-refractivity contribution in [3.8, 4) is 0 Å². The molecule has 4 heteroatoms. The molecule has 0 aliphatic rings. The predicted octanol–water partition coefficient (Wildman–Crippen LogP) is 0.907. The Morgan fingerprint density at radius 2 is 1.94 bits per heavy atom. The fourth-order valence-corrected chi connectivity index (χ4v) is 1.43. The molecule has 1 rings (SSSR count). The van der Waals surface area contributed by atoms with Crippen LogP contribution in [0.25, 0.3) is 0 Å². The summed E-state index contributed by atoms with van der Waals surface area (Å²) < 4.78 is 4.63. The highest BCUT2D eigenvalue weighted by Gasteiger charge is 2.20. The van der Waals surface area contributed by atoms with E-state index in [0.717, 1.165) is 5.56 Å². The summed E-state index contributed by atoms with van der Waals surface area (Å²) in [5, 5.41) is 2.57. The molecule has 0 radical (unpaired) electrons. The quantitative estimate of drug-likeness (QED) is 0.769. The monoisotopic (exact) mass is 221 g/mol. The number of amides is 1. The Bertz CT molecular complexity index is 362. The molecule has 0 fully saturated rings. The van der Waals surface area contributed by atoms with E-state index in [1.807, 2.05) is 30.3 Å². The second-order valence-electron chi connectivity index (χ2n) is 3.47. The number of hydrogen-bond acceptors (Lipinski definition) is 3. The van der Waals surface area contributed by atoms with Crippen LogP contribution in [0.1, 0.15) is 12.5 Å². The number of carbonyl (C=O) groups is 2. The van der Waals surface area contributed by atoms with Crippen LogP contribution in [-0.4, -0.2) is 25.0 Å². The predicted molar refractivity (Wildman–Crippen MR) is 59.8 cm³/mol. The molecule has 0 aliphatic heterocycles. The molecular weight excluding hydrogens is 206 g/mol. The Balaban J connectivity index is 2.70. The number of ether oxygens (including phenoxy) is 1. The van der Waals surface area contributed by atoms with Crippen molar-refractivity contribution < 1.29 is 14.3 Å². The van der Waals surface area contributed by atoms with Gasteiger partial charge in [-0.2, -0.15) is 0 Å². The molecule has 1 N–H and O–H groups in total. The van der Waals surface area contributed by atoms with Gasteiger partial charge in [-0.25, -0.2) is 4.79 Å². The first-order valence-corrected chi connectivity index (χ1v) is 5.02. The standard InChI is InChI=1S/C12H15NO3/c1-9(14)13-11(12(15)16-2)8-10-6-4-3-5-7-10/h3-7,11H,8H2,1-2H3,(H,13,14). The lowest BCUT2D eigenvalue weighted by Gasteiger charge is -2.15. The van der Waals surface area contributed by atoms with E-state index in [9.17, 15) is 9.59 Å². The van der Waals surface area contributed by atoms with Gasteiger partial charge in [0, 0.05) is 13.3 Å². The molecule has 0 saturated carbocycles. The van der Waals surface area contributed by atoms with Crippen molar-refractivity contribution >= 4 is 11.9 Å². The molecule has 1 aromatic carbocycles. The van der Waals surface area contributed by atoms with Crippen LogP contribution >= 0.6 is 0 Å². The highest BCUT2D eigenvalue weighted by atomic mass is 16.5. The van der Waals surface area contributed by atoms with Gasteiger partial charge in [0.1, 0.15) is 6.04 Å². The van der Waals surface area contributed by atoms with Crippen molar-refractivity contribution in [3.05, 3.63) is 35.9 Å². The van der Waals surface area contributed by atoms with Crippen molar-refractivity contribution in [2.24, 2.45) is 0 Å². The Morgan fingerprint density at radius 1 is 1.31 bits per heavy atom. The Kier molecular flexibility index (Phi) is 4.51. The summed E-state index contributed by atoms with van der Waals surface area (Å²) in [4.78, 5) is 22.4. The van der Waals surface area contributed by atoms with Crippen LogP contribution in [0.3, 0.4) is 0 Å². The minimum atomic E-state index is -0.620. The molecule has 16 heavy (non-hydrogen) atoms. The summed E-state index contributed by atoms with van der Waals surface area (Å²) in [6.07, 6.45) is 0.438. The van der Waals surface area contributed by atoms with Gasteiger partial charge >= 0.3 is 5.97 Å². The van der Waals surface area contributed by atoms with Crippen molar-refractivity contribution in [2.45, 2.75) is 19.4 Å². The fourth-order valence-electron chi connectivity index (χ4n) is 1.43. The van der Waals surface area contributed by atoms with E-state index < -0.39 is 12.0 Å². The third-order valence-electron chi connectivity index (χ3n) is 2.15. The van der Waals surface area contributed by atoms with Gasteiger partial charge in [0.25, 0.3) is 0 Å². The number of carbonyl (C=O) groups excluding carboxylic acids is 2. The van der Waals surface area contributed by atoms with Crippen LogP contribution < -0.4 is 5.32 Å². The minimum absolute atomic E-state index is 0.244. The molecule has 0 aliphatic carbocycles. The first kappa shape index (κ1) is 12.2. The van der Waals surface area contributed by atoms with Crippen molar-refractivity contribution in [1.29, 1.82) is 0 Å². The van der Waals surface area contributed by atoms with Crippen LogP contribution in [0.5, 0.6) is 0 Å². The summed E-state index contributed by atoms with van der Waals surface area (Å²) in [7, 11) is 1.31. The average molecular weight is 221 g/mol. The van der Waals surface area contributed by atoms with Crippen LogP contribution in [0.4, 0.5) is 0 Å². The average Bonchev–Trinajstić information content (AvgIpc) is 2.28. The molecular formula is C12H15NO3. The number of benzene rings is 1. The lowest BCUT2D eigenvalue weighted by atomic mass is 10.1. The lowest BCUT2D eigenvalue weighted by molar-refractivity contribution is -0.144. The van der Waals surface area contributed by atoms with Gasteiger partial charge < -0.3 is 10.1 Å². The largest absolute Gasteiger partial charge is 0.467 e. The maximum absolute atomic E-state index is 11.4. The molecule has 86 valence electrons. The van der Waals surface area contributed by atoms with Gasteiger partial charge in [-0.15, -0.1) is 0 Å². The third kappa shape index (κ3) is 3.73. The summed E-state index contributed by atoms with van der Waals surface area (Å²) in [6.45, 7) is 1.38. The topological polar surface area (TPSA) is 55.4 Å². The molecule has 0 aromatic heterocycles. The maximum Gasteiger partial charge on any atom is 0.328 e. The van der Waals surface area contributed by atoms with E-state index in [-0.39, 0.29) is 5.91 Å². The summed E-state index contributed by atoms with van der Waals surface area (Å²) in [5.74, 6) is -0.676. The van der Waals surface area contributed by atoms with Crippen LogP contribution in [-0.2, 0) is 20.7 Å². The fraction of sp³-hybridized carbons (Fsp3) is 0.333. The molecule has 0 spiro atoms. The highest BCUT2D eigenvalue weighted by molar-refractivity contribution is 5.83. The van der Waals surface area contributed by atoms with E-state index in [2.05, 4.69) is 10.1 Å². The Morgan fingerprint density at radius 3 is 2.44 bits per heavy atom. The smallest absolute Gasteiger partial charge is 0.328 e. The molecule has 1 amide bonds. The zero-order valence-corrected chi connectivity index (χ0v) is 9.40. The molecule has 1 atom stereocenters. The Hall–Kier alpha value is -1.84. The van der Waals surface area contributed by atoms with Crippen molar-refractivity contribution in [3.63, 3.8) is 0 Å². The number of rotatable bonds is 4. The van der Waals surface area contributed by atoms with E-state index in [0.29, 0.717) is 6.42 Å². The second-order valence-corrected chi connectivity index (χ2v) is 3.47. The van der Waals surface area contributed by atoms with Crippen LogP contribution in [0.15, 0.2) is 30.3 Å². The maximum atomic E-state index is 11.4. The van der Waals surface area contributed by atoms with E-state index in [1.54, 1.807) is 0 Å². The summed E-state index contributed by atoms with van der Waals surface area (Å²) in [5.41, 5.74) is 0.978. The normalized spacial score (nSPS) is 11.6. The third-order valence-corrected chi connectivity index (χ3v) is 2.15. The SMILES string of the molecule is COC(=O)C(Cc1ccccc1)NC(C)=O. The molecule has 1 aromatic rings. The van der Waals surface area contributed by atoms with Crippen LogP contribution in [0.2, 0.25) is 0 Å². The lowest BCUT2D eigenvalue weighted by Crippen LogP contribution is -2.41.